The fourth-order valence-electron chi connectivity index (χ4n) is 2.51. The number of amides is 1. The van der Waals surface area contributed by atoms with Crippen molar-refractivity contribution in [3.63, 3.8) is 0 Å². The van der Waals surface area contributed by atoms with Crippen LogP contribution in [0.5, 0.6) is 0 Å². The predicted molar refractivity (Wildman–Crippen MR) is 95.4 cm³/mol. The standard InChI is InChI=1S/C17H14N8O3/c1-10-12(8-20-25(10)13-4-5-14(26)23-22-13)17(27)19-9-15-21-16(24-28-15)11-3-2-6-18-7-11/h2-8H,9H2,1H3,(H,19,27)(H,23,26). The van der Waals surface area contributed by atoms with E-state index in [9.17, 15) is 9.59 Å². The second kappa shape index (κ2) is 7.23. The molecule has 0 aliphatic heterocycles. The highest BCUT2D eigenvalue weighted by Gasteiger charge is 2.17. The molecule has 0 spiro atoms. The minimum absolute atomic E-state index is 0.0631. The molecule has 4 heterocycles. The maximum Gasteiger partial charge on any atom is 0.264 e. The number of pyridine rings is 1. The Morgan fingerprint density at radius 2 is 2.18 bits per heavy atom. The van der Waals surface area contributed by atoms with Crippen LogP contribution in [0.1, 0.15) is 21.9 Å². The lowest BCUT2D eigenvalue weighted by atomic mass is 10.2. The SMILES string of the molecule is Cc1c(C(=O)NCc2nc(-c3cccnc3)no2)cnn1-c1ccc(=O)[nH]n1. The maximum atomic E-state index is 12.5. The zero-order valence-electron chi connectivity index (χ0n) is 14.7. The zero-order chi connectivity index (χ0) is 19.5. The topological polar surface area (TPSA) is 144 Å². The van der Waals surface area contributed by atoms with Crippen LogP contribution in [0.3, 0.4) is 0 Å². The monoisotopic (exact) mass is 378 g/mol. The Hall–Kier alpha value is -4.15. The highest BCUT2D eigenvalue weighted by molar-refractivity contribution is 5.95. The van der Waals surface area contributed by atoms with Crippen molar-refractivity contribution < 1.29 is 9.32 Å². The highest BCUT2D eigenvalue weighted by atomic mass is 16.5. The van der Waals surface area contributed by atoms with Crippen LogP contribution in [0, 0.1) is 6.92 Å². The molecule has 0 atom stereocenters. The molecule has 0 aliphatic rings. The molecule has 2 N–H and O–H groups in total. The van der Waals surface area contributed by atoms with E-state index >= 15 is 0 Å². The van der Waals surface area contributed by atoms with Crippen molar-refractivity contribution in [2.24, 2.45) is 0 Å². The van der Waals surface area contributed by atoms with E-state index in [1.54, 1.807) is 25.4 Å². The van der Waals surface area contributed by atoms with Gasteiger partial charge in [-0.05, 0) is 25.1 Å². The second-order valence-corrected chi connectivity index (χ2v) is 5.77. The van der Waals surface area contributed by atoms with Gasteiger partial charge in [0.2, 0.25) is 11.7 Å². The molecule has 28 heavy (non-hydrogen) atoms. The van der Waals surface area contributed by atoms with Gasteiger partial charge in [0.1, 0.15) is 0 Å². The van der Waals surface area contributed by atoms with Crippen LogP contribution >= 0.6 is 0 Å². The van der Waals surface area contributed by atoms with Crippen molar-refractivity contribution in [3.05, 3.63) is 70.4 Å². The lowest BCUT2D eigenvalue weighted by Gasteiger charge is -2.04. The molecule has 0 saturated carbocycles. The summed E-state index contributed by atoms with van der Waals surface area (Å²) in [6.45, 7) is 1.79. The third-order valence-electron chi connectivity index (χ3n) is 3.92. The van der Waals surface area contributed by atoms with Gasteiger partial charge < -0.3 is 9.84 Å². The molecule has 11 nitrogen and oxygen atoms in total. The van der Waals surface area contributed by atoms with Gasteiger partial charge in [0, 0.05) is 24.0 Å². The van der Waals surface area contributed by atoms with Gasteiger partial charge in [-0.1, -0.05) is 5.16 Å². The summed E-state index contributed by atoms with van der Waals surface area (Å²) in [4.78, 5) is 31.8. The fourth-order valence-corrected chi connectivity index (χ4v) is 2.51. The van der Waals surface area contributed by atoms with E-state index in [1.165, 1.54) is 23.0 Å². The lowest BCUT2D eigenvalue weighted by molar-refractivity contribution is 0.0945. The quantitative estimate of drug-likeness (QED) is 0.515. The normalized spacial score (nSPS) is 10.8. The van der Waals surface area contributed by atoms with Crippen LogP contribution in [0.25, 0.3) is 17.2 Å². The predicted octanol–water partition coefficient (Wildman–Crippen LogP) is 0.639. The minimum atomic E-state index is -0.352. The van der Waals surface area contributed by atoms with Gasteiger partial charge in [-0.25, -0.2) is 9.78 Å². The Morgan fingerprint density at radius 3 is 2.93 bits per heavy atom. The van der Waals surface area contributed by atoms with E-state index < -0.39 is 0 Å². The molecule has 140 valence electrons. The first-order valence-electron chi connectivity index (χ1n) is 8.24. The van der Waals surface area contributed by atoms with Gasteiger partial charge in [0.05, 0.1) is 24.0 Å². The number of carbonyl (C=O) groups is 1. The Kier molecular flexibility index (Phi) is 4.46. The smallest absolute Gasteiger partial charge is 0.264 e. The van der Waals surface area contributed by atoms with Gasteiger partial charge in [-0.3, -0.25) is 14.6 Å². The van der Waals surface area contributed by atoms with E-state index in [-0.39, 0.29) is 23.9 Å². The number of H-pyrrole nitrogens is 1. The molecule has 1 amide bonds. The third-order valence-corrected chi connectivity index (χ3v) is 3.92. The van der Waals surface area contributed by atoms with Crippen LogP contribution in [0.4, 0.5) is 0 Å². The van der Waals surface area contributed by atoms with Crippen LogP contribution in [0.2, 0.25) is 0 Å². The van der Waals surface area contributed by atoms with Gasteiger partial charge in [0.15, 0.2) is 5.82 Å². The Bertz CT molecular complexity index is 1160. The Morgan fingerprint density at radius 1 is 1.29 bits per heavy atom. The van der Waals surface area contributed by atoms with E-state index in [1.807, 2.05) is 6.07 Å². The van der Waals surface area contributed by atoms with Crippen LogP contribution in [0.15, 0.2) is 52.2 Å². The third kappa shape index (κ3) is 3.40. The number of hydrogen-bond acceptors (Lipinski definition) is 8. The summed E-state index contributed by atoms with van der Waals surface area (Å²) in [6, 6.07) is 6.42. The molecule has 0 unspecified atom stereocenters. The van der Waals surface area contributed by atoms with Crippen LogP contribution < -0.4 is 10.9 Å². The molecule has 4 aromatic heterocycles. The number of aromatic nitrogens is 7. The molecular formula is C17H14N8O3. The van der Waals surface area contributed by atoms with Crippen LogP contribution in [-0.2, 0) is 6.54 Å². The molecular weight excluding hydrogens is 364 g/mol. The Labute approximate surface area is 157 Å². The summed E-state index contributed by atoms with van der Waals surface area (Å²) in [6.07, 6.45) is 4.69. The summed E-state index contributed by atoms with van der Waals surface area (Å²) in [5.41, 5.74) is 1.32. The van der Waals surface area contributed by atoms with Crippen molar-refractivity contribution in [1.82, 2.24) is 40.4 Å². The van der Waals surface area contributed by atoms with Crippen molar-refractivity contribution in [2.75, 3.05) is 0 Å². The van der Waals surface area contributed by atoms with Gasteiger partial charge >= 0.3 is 0 Å². The van der Waals surface area contributed by atoms with Crippen molar-refractivity contribution in [2.45, 2.75) is 13.5 Å². The van der Waals surface area contributed by atoms with Gasteiger partial charge in [-0.15, -0.1) is 0 Å². The van der Waals surface area contributed by atoms with Crippen LogP contribution in [-0.4, -0.2) is 41.0 Å². The molecule has 4 aromatic rings. The summed E-state index contributed by atoms with van der Waals surface area (Å²) >= 11 is 0. The van der Waals surface area contributed by atoms with Crippen molar-refractivity contribution in [3.8, 4) is 17.2 Å². The lowest BCUT2D eigenvalue weighted by Crippen LogP contribution is -2.23. The van der Waals surface area contributed by atoms with E-state index in [2.05, 4.69) is 35.7 Å². The number of hydrogen-bond donors (Lipinski definition) is 2. The zero-order valence-corrected chi connectivity index (χ0v) is 14.7. The molecule has 0 aromatic carbocycles. The first-order valence-corrected chi connectivity index (χ1v) is 8.24. The van der Waals surface area contributed by atoms with E-state index in [0.717, 1.165) is 0 Å². The molecule has 0 radical (unpaired) electrons. The van der Waals surface area contributed by atoms with E-state index in [0.29, 0.717) is 28.5 Å². The summed E-state index contributed by atoms with van der Waals surface area (Å²) in [5, 5.41) is 17.0. The number of rotatable bonds is 5. The highest BCUT2D eigenvalue weighted by Crippen LogP contribution is 2.14. The maximum absolute atomic E-state index is 12.5. The first-order chi connectivity index (χ1) is 13.6. The van der Waals surface area contributed by atoms with Crippen molar-refractivity contribution in [1.29, 1.82) is 0 Å². The minimum Gasteiger partial charge on any atom is -0.343 e. The summed E-state index contributed by atoms with van der Waals surface area (Å²) in [5.74, 6) is 0.702. The van der Waals surface area contributed by atoms with E-state index in [4.69, 9.17) is 4.52 Å². The molecule has 0 aliphatic carbocycles. The average Bonchev–Trinajstić information content (AvgIpc) is 3.34. The summed E-state index contributed by atoms with van der Waals surface area (Å²) in [7, 11) is 0. The first kappa shape index (κ1) is 17.3. The Balaban J connectivity index is 1.45. The number of carbonyl (C=O) groups excluding carboxylic acids is 1. The second-order valence-electron chi connectivity index (χ2n) is 5.77. The number of aromatic amines is 1. The number of nitrogens with one attached hydrogen (secondary N) is 2. The molecule has 0 bridgehead atoms. The molecule has 0 fully saturated rings. The summed E-state index contributed by atoms with van der Waals surface area (Å²) < 4.78 is 6.61. The average molecular weight is 378 g/mol. The van der Waals surface area contributed by atoms with Gasteiger partial charge in [0.25, 0.3) is 11.5 Å². The van der Waals surface area contributed by atoms with Crippen molar-refractivity contribution >= 4 is 5.91 Å². The molecule has 4 rings (SSSR count). The molecule has 11 heteroatoms. The fraction of sp³-hybridized carbons (Fsp3) is 0.118. The largest absolute Gasteiger partial charge is 0.343 e. The van der Waals surface area contributed by atoms with Gasteiger partial charge in [-0.2, -0.15) is 15.2 Å². The number of nitrogens with zero attached hydrogens (tertiary/aromatic N) is 6. The molecule has 0 saturated heterocycles.